The normalized spacial score (nSPS) is 22.8. The van der Waals surface area contributed by atoms with E-state index in [1.165, 1.54) is 4.90 Å². The van der Waals surface area contributed by atoms with Crippen molar-refractivity contribution >= 4 is 56.1 Å². The number of anilines is 1. The summed E-state index contributed by atoms with van der Waals surface area (Å²) in [6, 6.07) is 21.4. The van der Waals surface area contributed by atoms with Crippen molar-refractivity contribution in [2.45, 2.75) is 45.6 Å². The van der Waals surface area contributed by atoms with Crippen molar-refractivity contribution in [1.29, 1.82) is 0 Å². The van der Waals surface area contributed by atoms with E-state index in [1.807, 2.05) is 44.2 Å². The Morgan fingerprint density at radius 3 is 2.25 bits per heavy atom. The van der Waals surface area contributed by atoms with Crippen LogP contribution in [0.1, 0.15) is 58.9 Å². The van der Waals surface area contributed by atoms with Crippen LogP contribution in [-0.4, -0.2) is 34.7 Å². The second-order valence-corrected chi connectivity index (χ2v) is 13.1. The zero-order chi connectivity index (χ0) is 30.7. The van der Waals surface area contributed by atoms with Gasteiger partial charge in [0.05, 0.1) is 34.3 Å². The molecule has 3 aliphatic rings. The van der Waals surface area contributed by atoms with E-state index in [0.717, 1.165) is 34.9 Å². The topological polar surface area (TPSA) is 93.6 Å². The number of aromatic nitrogens is 1. The minimum absolute atomic E-state index is 0.0782. The molecular formula is C36H31BrN2O5. The van der Waals surface area contributed by atoms with E-state index in [0.29, 0.717) is 51.7 Å². The van der Waals surface area contributed by atoms with Gasteiger partial charge >= 0.3 is 5.97 Å². The van der Waals surface area contributed by atoms with Gasteiger partial charge in [0, 0.05) is 21.0 Å². The van der Waals surface area contributed by atoms with Crippen molar-refractivity contribution in [3.63, 3.8) is 0 Å². The lowest BCUT2D eigenvalue weighted by Crippen LogP contribution is -2.32. The molecule has 4 aromatic rings. The van der Waals surface area contributed by atoms with Crippen LogP contribution in [0.25, 0.3) is 22.2 Å². The Kier molecular flexibility index (Phi) is 7.20. The van der Waals surface area contributed by atoms with Gasteiger partial charge in [-0.15, -0.1) is 0 Å². The van der Waals surface area contributed by atoms with Crippen molar-refractivity contribution < 1.29 is 23.9 Å². The molecule has 44 heavy (non-hydrogen) atoms. The molecule has 0 N–H and O–H groups in total. The summed E-state index contributed by atoms with van der Waals surface area (Å²) in [6.07, 6.45) is 2.45. The zero-order valence-corrected chi connectivity index (χ0v) is 26.0. The highest BCUT2D eigenvalue weighted by atomic mass is 79.9. The van der Waals surface area contributed by atoms with E-state index in [9.17, 15) is 19.2 Å². The van der Waals surface area contributed by atoms with Crippen LogP contribution in [-0.2, 0) is 14.3 Å². The smallest absolute Gasteiger partial charge is 0.339 e. The van der Waals surface area contributed by atoms with Gasteiger partial charge in [0.25, 0.3) is 0 Å². The molecule has 0 spiro atoms. The number of esters is 1. The van der Waals surface area contributed by atoms with Crippen LogP contribution in [0.4, 0.5) is 5.69 Å². The largest absolute Gasteiger partial charge is 0.450 e. The quantitative estimate of drug-likeness (QED) is 0.118. The van der Waals surface area contributed by atoms with Crippen molar-refractivity contribution in [2.24, 2.45) is 23.7 Å². The lowest BCUT2D eigenvalue weighted by molar-refractivity contribution is -0.123. The first-order valence-corrected chi connectivity index (χ1v) is 15.9. The second kappa shape index (κ2) is 11.1. The molecule has 0 radical (unpaired) electrons. The first kappa shape index (κ1) is 28.6. The number of hydrogen-bond acceptors (Lipinski definition) is 6. The van der Waals surface area contributed by atoms with Gasteiger partial charge in [0.1, 0.15) is 0 Å². The van der Waals surface area contributed by atoms with Crippen LogP contribution in [0.2, 0.25) is 0 Å². The zero-order valence-electron chi connectivity index (χ0n) is 24.5. The SMILES string of the molecule is CCC(OC(=O)c1cc(-c2ccc(N3C(=O)C4C5CCC(C5)C4C3=O)cc2)nc2c(C)cc(Br)cc12)C(=O)c1ccccc1. The molecule has 2 saturated carbocycles. The number of benzene rings is 3. The molecule has 1 saturated heterocycles. The van der Waals surface area contributed by atoms with Gasteiger partial charge in [-0.3, -0.25) is 19.3 Å². The van der Waals surface area contributed by atoms with Gasteiger partial charge in [-0.1, -0.05) is 65.3 Å². The average Bonchev–Trinajstić information content (AvgIpc) is 3.73. The Morgan fingerprint density at radius 2 is 1.61 bits per heavy atom. The van der Waals surface area contributed by atoms with Crippen molar-refractivity contribution in [3.05, 3.63) is 94.0 Å². The molecule has 5 unspecified atom stereocenters. The van der Waals surface area contributed by atoms with E-state index in [2.05, 4.69) is 15.9 Å². The fourth-order valence-electron chi connectivity index (χ4n) is 7.52. The molecule has 7 rings (SSSR count). The summed E-state index contributed by atoms with van der Waals surface area (Å²) in [4.78, 5) is 59.8. The Balaban J connectivity index is 1.22. The second-order valence-electron chi connectivity index (χ2n) is 12.1. The number of ketones is 1. The van der Waals surface area contributed by atoms with Crippen LogP contribution in [0.3, 0.4) is 0 Å². The minimum atomic E-state index is -0.936. The van der Waals surface area contributed by atoms with Gasteiger partial charge in [0.15, 0.2) is 6.10 Å². The highest BCUT2D eigenvalue weighted by Crippen LogP contribution is 2.56. The summed E-state index contributed by atoms with van der Waals surface area (Å²) in [5.41, 5.74) is 4.10. The monoisotopic (exact) mass is 650 g/mol. The number of amides is 2. The van der Waals surface area contributed by atoms with E-state index in [1.54, 1.807) is 42.5 Å². The van der Waals surface area contributed by atoms with Crippen molar-refractivity contribution in [2.75, 3.05) is 4.90 Å². The average molecular weight is 652 g/mol. The summed E-state index contributed by atoms with van der Waals surface area (Å²) < 4.78 is 6.63. The fraction of sp³-hybridized carbons (Fsp3) is 0.306. The number of fused-ring (bicyclic) bond motifs is 6. The summed E-state index contributed by atoms with van der Waals surface area (Å²) in [6.45, 7) is 3.73. The summed E-state index contributed by atoms with van der Waals surface area (Å²) in [7, 11) is 0. The van der Waals surface area contributed by atoms with Crippen LogP contribution in [0.5, 0.6) is 0 Å². The van der Waals surface area contributed by atoms with Gasteiger partial charge in [-0.25, -0.2) is 9.78 Å². The number of imide groups is 1. The number of pyridine rings is 1. The molecule has 2 bridgehead atoms. The fourth-order valence-corrected chi connectivity index (χ4v) is 8.09. The van der Waals surface area contributed by atoms with Crippen molar-refractivity contribution in [3.8, 4) is 11.3 Å². The first-order valence-electron chi connectivity index (χ1n) is 15.1. The molecule has 5 atom stereocenters. The molecule has 222 valence electrons. The number of aryl methyl sites for hydroxylation is 1. The number of ether oxygens (including phenoxy) is 1. The predicted octanol–water partition coefficient (Wildman–Crippen LogP) is 7.33. The molecule has 7 nitrogen and oxygen atoms in total. The van der Waals surface area contributed by atoms with Gasteiger partial charge in [0.2, 0.25) is 17.6 Å². The molecule has 8 heteroatoms. The first-order chi connectivity index (χ1) is 21.2. The van der Waals surface area contributed by atoms with E-state index in [-0.39, 0.29) is 29.4 Å². The highest BCUT2D eigenvalue weighted by molar-refractivity contribution is 9.10. The number of halogens is 1. The minimum Gasteiger partial charge on any atom is -0.450 e. The number of rotatable bonds is 7. The number of hydrogen-bond donors (Lipinski definition) is 0. The van der Waals surface area contributed by atoms with Crippen molar-refractivity contribution in [1.82, 2.24) is 4.98 Å². The lowest BCUT2D eigenvalue weighted by atomic mass is 9.81. The number of nitrogens with zero attached hydrogens (tertiary/aromatic N) is 2. The van der Waals surface area contributed by atoms with Crippen LogP contribution in [0.15, 0.2) is 77.3 Å². The standard InChI is InChI=1S/C36H31BrN2O5/c1-3-29(33(40)21-7-5-4-6-8-21)44-36(43)27-18-28(38-32-19(2)15-24(37)17-26(27)32)20-11-13-25(14-12-20)39-34(41)30-22-9-10-23(16-22)31(30)35(39)42/h4-8,11-15,17-18,22-23,29-31H,3,9-10,16H2,1-2H3. The molecule has 2 amide bonds. The van der Waals surface area contributed by atoms with Gasteiger partial charge in [-0.05, 0) is 80.3 Å². The molecule has 2 heterocycles. The Labute approximate surface area is 263 Å². The molecule has 3 aromatic carbocycles. The van der Waals surface area contributed by atoms with Crippen LogP contribution in [0, 0.1) is 30.6 Å². The Bertz CT molecular complexity index is 1810. The Hall–Kier alpha value is -4.17. The molecule has 1 aromatic heterocycles. The summed E-state index contributed by atoms with van der Waals surface area (Å²) in [5.74, 6) is -0.738. The molecule has 3 fully saturated rings. The maximum Gasteiger partial charge on any atom is 0.339 e. The van der Waals surface area contributed by atoms with E-state index < -0.39 is 12.1 Å². The Morgan fingerprint density at radius 1 is 0.955 bits per heavy atom. The van der Waals surface area contributed by atoms with Gasteiger partial charge in [-0.2, -0.15) is 0 Å². The third-order valence-electron chi connectivity index (χ3n) is 9.61. The summed E-state index contributed by atoms with van der Waals surface area (Å²) >= 11 is 3.53. The molecule has 1 aliphatic heterocycles. The number of carbonyl (C=O) groups excluding carboxylic acids is 4. The maximum absolute atomic E-state index is 13.7. The van der Waals surface area contributed by atoms with Crippen LogP contribution >= 0.6 is 15.9 Å². The van der Waals surface area contributed by atoms with Gasteiger partial charge < -0.3 is 4.74 Å². The molecular weight excluding hydrogens is 620 g/mol. The predicted molar refractivity (Wildman–Crippen MR) is 170 cm³/mol. The maximum atomic E-state index is 13.7. The third kappa shape index (κ3) is 4.67. The lowest BCUT2D eigenvalue weighted by Gasteiger charge is -2.19. The highest BCUT2D eigenvalue weighted by Gasteiger charge is 2.61. The molecule has 2 aliphatic carbocycles. The van der Waals surface area contributed by atoms with E-state index >= 15 is 0 Å². The van der Waals surface area contributed by atoms with Crippen LogP contribution < -0.4 is 4.90 Å². The third-order valence-corrected chi connectivity index (χ3v) is 10.1. The number of carbonyl (C=O) groups is 4. The summed E-state index contributed by atoms with van der Waals surface area (Å²) in [5, 5.41) is 0.610. The van der Waals surface area contributed by atoms with E-state index in [4.69, 9.17) is 9.72 Å². The number of Topliss-reactive ketones (excluding diaryl/α,β-unsaturated/α-hetero) is 1.